The van der Waals surface area contributed by atoms with E-state index in [1.54, 1.807) is 0 Å². The van der Waals surface area contributed by atoms with Gasteiger partial charge in [0.05, 0.1) is 23.6 Å². The largest absolute Gasteiger partial charge is 0.350 e. The third-order valence-corrected chi connectivity index (χ3v) is 5.86. The van der Waals surface area contributed by atoms with E-state index in [4.69, 9.17) is 0 Å². The van der Waals surface area contributed by atoms with Gasteiger partial charge in [-0.1, -0.05) is 12.1 Å². The number of rotatable bonds is 6. The molecular weight excluding hydrogens is 392 g/mol. The molecule has 2 aliphatic heterocycles. The van der Waals surface area contributed by atoms with Crippen LogP contribution in [0.15, 0.2) is 41.9 Å². The lowest BCUT2D eigenvalue weighted by atomic mass is 10.1. The Labute approximate surface area is 181 Å². The molecule has 0 saturated carbocycles. The summed E-state index contributed by atoms with van der Waals surface area (Å²) in [5, 5.41) is 12.5. The average Bonchev–Trinajstić information content (AvgIpc) is 3.31. The number of nitrogens with one attached hydrogen (secondary N) is 1. The van der Waals surface area contributed by atoms with Crippen molar-refractivity contribution in [2.24, 2.45) is 0 Å². The fraction of sp³-hybridized carbons (Fsp3) is 0.391. The van der Waals surface area contributed by atoms with Gasteiger partial charge in [0.2, 0.25) is 5.91 Å². The molecule has 8 nitrogen and oxygen atoms in total. The molecule has 2 aliphatic rings. The average molecular weight is 419 g/mol. The first-order valence-corrected chi connectivity index (χ1v) is 10.5. The minimum Gasteiger partial charge on any atom is -0.350 e. The SMILES string of the molecule is CN1C(=C(C#N)C(=O)CCC(=O)NCc2cn3c(n2)CCCC3)N(C)c2ccccc21. The molecule has 0 saturated heterocycles. The lowest BCUT2D eigenvalue weighted by molar-refractivity contribution is -0.124. The molecule has 0 radical (unpaired) electrons. The van der Waals surface area contributed by atoms with Crippen molar-refractivity contribution in [3.05, 3.63) is 53.4 Å². The number of aromatic nitrogens is 2. The van der Waals surface area contributed by atoms with Crippen molar-refractivity contribution in [1.82, 2.24) is 14.9 Å². The number of amides is 1. The Hall–Kier alpha value is -3.60. The zero-order valence-corrected chi connectivity index (χ0v) is 17.9. The van der Waals surface area contributed by atoms with Crippen LogP contribution in [0.5, 0.6) is 0 Å². The van der Waals surface area contributed by atoms with Gasteiger partial charge in [0.15, 0.2) is 5.78 Å². The number of nitriles is 1. The summed E-state index contributed by atoms with van der Waals surface area (Å²) in [4.78, 5) is 33.3. The number of fused-ring (bicyclic) bond motifs is 2. The molecular formula is C23H26N6O2. The first-order valence-electron chi connectivity index (χ1n) is 10.5. The number of hydrogen-bond donors (Lipinski definition) is 1. The van der Waals surface area contributed by atoms with E-state index in [2.05, 4.69) is 20.9 Å². The molecule has 8 heteroatoms. The highest BCUT2D eigenvalue weighted by Gasteiger charge is 2.31. The summed E-state index contributed by atoms with van der Waals surface area (Å²) in [6.45, 7) is 1.32. The van der Waals surface area contributed by atoms with E-state index in [0.717, 1.165) is 48.7 Å². The van der Waals surface area contributed by atoms with Crippen LogP contribution in [-0.2, 0) is 29.1 Å². The van der Waals surface area contributed by atoms with Gasteiger partial charge in [-0.05, 0) is 25.0 Å². The van der Waals surface area contributed by atoms with Crippen molar-refractivity contribution in [1.29, 1.82) is 5.26 Å². The van der Waals surface area contributed by atoms with E-state index in [-0.39, 0.29) is 30.1 Å². The van der Waals surface area contributed by atoms with Crippen molar-refractivity contribution in [3.63, 3.8) is 0 Å². The zero-order chi connectivity index (χ0) is 22.0. The van der Waals surface area contributed by atoms with E-state index in [1.165, 1.54) is 0 Å². The summed E-state index contributed by atoms with van der Waals surface area (Å²) in [6.07, 6.45) is 5.28. The quantitative estimate of drug-likeness (QED) is 0.572. The fourth-order valence-electron chi connectivity index (χ4n) is 4.24. The number of para-hydroxylation sites is 2. The predicted molar refractivity (Wildman–Crippen MR) is 117 cm³/mol. The van der Waals surface area contributed by atoms with E-state index in [1.807, 2.05) is 54.4 Å². The molecule has 31 heavy (non-hydrogen) atoms. The summed E-state index contributed by atoms with van der Waals surface area (Å²) in [7, 11) is 3.67. The van der Waals surface area contributed by atoms with Crippen molar-refractivity contribution in [3.8, 4) is 6.07 Å². The van der Waals surface area contributed by atoms with E-state index < -0.39 is 0 Å². The van der Waals surface area contributed by atoms with Crippen LogP contribution in [0.3, 0.4) is 0 Å². The van der Waals surface area contributed by atoms with Gasteiger partial charge in [-0.25, -0.2) is 4.98 Å². The molecule has 0 bridgehead atoms. The minimum absolute atomic E-state index is 0.0179. The maximum atomic E-state index is 12.8. The molecule has 1 N–H and O–H groups in total. The molecule has 2 aromatic rings. The number of carbonyl (C=O) groups excluding carboxylic acids is 2. The van der Waals surface area contributed by atoms with E-state index >= 15 is 0 Å². The van der Waals surface area contributed by atoms with Gasteiger partial charge in [-0.2, -0.15) is 5.26 Å². The number of aryl methyl sites for hydroxylation is 2. The standard InChI is InChI=1S/C23H26N6O2/c1-27-18-7-3-4-8-19(18)28(2)23(27)17(13-24)20(30)10-11-22(31)25-14-16-15-29-12-6-5-9-21(29)26-16/h3-4,7-8,15H,5-6,9-12,14H2,1-2H3,(H,25,31). The highest BCUT2D eigenvalue weighted by Crippen LogP contribution is 2.40. The third kappa shape index (κ3) is 4.04. The number of allylic oxidation sites excluding steroid dienone is 1. The number of nitrogens with zero attached hydrogens (tertiary/aromatic N) is 5. The lowest BCUT2D eigenvalue weighted by Crippen LogP contribution is -2.27. The Morgan fingerprint density at radius 2 is 1.84 bits per heavy atom. The Bertz CT molecular complexity index is 1040. The van der Waals surface area contributed by atoms with Gasteiger partial charge in [-0.15, -0.1) is 0 Å². The summed E-state index contributed by atoms with van der Waals surface area (Å²) in [6, 6.07) is 9.77. The summed E-state index contributed by atoms with van der Waals surface area (Å²) >= 11 is 0. The predicted octanol–water partition coefficient (Wildman–Crippen LogP) is 2.51. The van der Waals surface area contributed by atoms with Crippen LogP contribution in [-0.4, -0.2) is 35.3 Å². The Balaban J connectivity index is 1.36. The molecule has 0 spiro atoms. The van der Waals surface area contributed by atoms with Crippen molar-refractivity contribution < 1.29 is 9.59 Å². The molecule has 0 atom stereocenters. The summed E-state index contributed by atoms with van der Waals surface area (Å²) < 4.78 is 2.15. The van der Waals surface area contributed by atoms with Crippen LogP contribution < -0.4 is 15.1 Å². The number of Topliss-reactive ketones (excluding diaryl/α,β-unsaturated/α-hetero) is 1. The Morgan fingerprint density at radius 1 is 1.13 bits per heavy atom. The number of hydrogen-bond acceptors (Lipinski definition) is 6. The van der Waals surface area contributed by atoms with Crippen molar-refractivity contribution >= 4 is 23.1 Å². The molecule has 160 valence electrons. The molecule has 4 rings (SSSR count). The maximum absolute atomic E-state index is 12.8. The van der Waals surface area contributed by atoms with Gasteiger partial charge >= 0.3 is 0 Å². The minimum atomic E-state index is -0.336. The second kappa shape index (κ2) is 8.64. The third-order valence-electron chi connectivity index (χ3n) is 5.86. The second-order valence-corrected chi connectivity index (χ2v) is 7.92. The number of carbonyl (C=O) groups is 2. The van der Waals surface area contributed by atoms with Gasteiger partial charge in [-0.3, -0.25) is 9.59 Å². The first kappa shape index (κ1) is 20.7. The number of imidazole rings is 1. The van der Waals surface area contributed by atoms with E-state index in [0.29, 0.717) is 12.4 Å². The molecule has 0 fully saturated rings. The van der Waals surface area contributed by atoms with Gasteiger partial charge in [0.1, 0.15) is 23.3 Å². The Kier molecular flexibility index (Phi) is 5.76. The van der Waals surface area contributed by atoms with E-state index in [9.17, 15) is 14.9 Å². The zero-order valence-electron chi connectivity index (χ0n) is 17.9. The molecule has 1 aromatic heterocycles. The van der Waals surface area contributed by atoms with Crippen molar-refractivity contribution in [2.75, 3.05) is 23.9 Å². The fourth-order valence-corrected chi connectivity index (χ4v) is 4.24. The van der Waals surface area contributed by atoms with Gasteiger partial charge in [0, 0.05) is 46.1 Å². The van der Waals surface area contributed by atoms with Crippen LogP contribution in [0.4, 0.5) is 11.4 Å². The van der Waals surface area contributed by atoms with Crippen molar-refractivity contribution in [2.45, 2.75) is 45.2 Å². The van der Waals surface area contributed by atoms with Crippen LogP contribution in [0, 0.1) is 11.3 Å². The number of anilines is 2. The molecule has 3 heterocycles. The molecule has 0 unspecified atom stereocenters. The van der Waals surface area contributed by atoms with Crippen LogP contribution >= 0.6 is 0 Å². The highest BCUT2D eigenvalue weighted by atomic mass is 16.2. The number of ketones is 1. The second-order valence-electron chi connectivity index (χ2n) is 7.92. The topological polar surface area (TPSA) is 94.3 Å². The van der Waals surface area contributed by atoms with Crippen LogP contribution in [0.25, 0.3) is 0 Å². The monoisotopic (exact) mass is 418 g/mol. The first-order chi connectivity index (χ1) is 15.0. The summed E-state index contributed by atoms with van der Waals surface area (Å²) in [5.74, 6) is 1.05. The van der Waals surface area contributed by atoms with Crippen LogP contribution in [0.2, 0.25) is 0 Å². The molecule has 0 aliphatic carbocycles. The van der Waals surface area contributed by atoms with Crippen LogP contribution in [0.1, 0.15) is 37.2 Å². The smallest absolute Gasteiger partial charge is 0.220 e. The lowest BCUT2D eigenvalue weighted by Gasteiger charge is -2.19. The highest BCUT2D eigenvalue weighted by molar-refractivity contribution is 6.03. The van der Waals surface area contributed by atoms with Gasteiger partial charge in [0.25, 0.3) is 0 Å². The molecule has 1 aromatic carbocycles. The summed E-state index contributed by atoms with van der Waals surface area (Å²) in [5.41, 5.74) is 2.77. The number of benzene rings is 1. The maximum Gasteiger partial charge on any atom is 0.220 e. The normalized spacial score (nSPS) is 14.7. The molecule has 1 amide bonds. The van der Waals surface area contributed by atoms with Gasteiger partial charge < -0.3 is 19.7 Å². The Morgan fingerprint density at radius 3 is 2.48 bits per heavy atom.